The first-order valence-electron chi connectivity index (χ1n) is 12.2. The van der Waals surface area contributed by atoms with E-state index >= 15 is 0 Å². The summed E-state index contributed by atoms with van der Waals surface area (Å²) in [6.07, 6.45) is 0.777. The van der Waals surface area contributed by atoms with Crippen molar-refractivity contribution in [3.63, 3.8) is 0 Å². The van der Waals surface area contributed by atoms with E-state index < -0.39 is 0 Å². The first-order valence-corrected chi connectivity index (χ1v) is 14.0. The Hall–Kier alpha value is -3.14. The third-order valence-corrected chi connectivity index (χ3v) is 8.44. The van der Waals surface area contributed by atoms with Crippen LogP contribution in [0, 0.1) is 12.8 Å². The van der Waals surface area contributed by atoms with E-state index in [0.717, 1.165) is 21.7 Å². The molecule has 2 aromatic heterocycles. The molecule has 5 rings (SSSR count). The van der Waals surface area contributed by atoms with Gasteiger partial charge in [-0.3, -0.25) is 14.2 Å². The lowest BCUT2D eigenvalue weighted by Gasteiger charge is -2.26. The van der Waals surface area contributed by atoms with Crippen molar-refractivity contribution >= 4 is 44.9 Å². The SMILES string of the molecule is COc1cccc(NC(=O)CSc2nc3sc4c(c3c(=O)n2-c2cccc(C)c2)C[C@H](C(C)C)OC4)c1. The van der Waals surface area contributed by atoms with E-state index in [1.807, 2.05) is 43.3 Å². The van der Waals surface area contributed by atoms with Crippen LogP contribution in [0.3, 0.4) is 0 Å². The highest BCUT2D eigenvalue weighted by molar-refractivity contribution is 7.99. The predicted octanol–water partition coefficient (Wildman–Crippen LogP) is 5.59. The zero-order chi connectivity index (χ0) is 26.1. The van der Waals surface area contributed by atoms with E-state index in [4.69, 9.17) is 14.5 Å². The molecule has 1 N–H and O–H groups in total. The maximum atomic E-state index is 14.0. The molecular weight excluding hydrogens is 506 g/mol. The van der Waals surface area contributed by atoms with Crippen LogP contribution in [-0.2, 0) is 22.6 Å². The lowest BCUT2D eigenvalue weighted by molar-refractivity contribution is -0.113. The van der Waals surface area contributed by atoms with E-state index in [1.54, 1.807) is 23.8 Å². The second kappa shape index (κ2) is 10.7. The van der Waals surface area contributed by atoms with E-state index in [9.17, 15) is 9.59 Å². The molecule has 0 bridgehead atoms. The van der Waals surface area contributed by atoms with Crippen molar-refractivity contribution in [1.82, 2.24) is 9.55 Å². The van der Waals surface area contributed by atoms with Crippen molar-refractivity contribution in [3.05, 3.63) is 74.9 Å². The Morgan fingerprint density at radius 1 is 1.27 bits per heavy atom. The maximum Gasteiger partial charge on any atom is 0.267 e. The molecule has 7 nitrogen and oxygen atoms in total. The van der Waals surface area contributed by atoms with Gasteiger partial charge in [-0.1, -0.05) is 43.8 Å². The Morgan fingerprint density at radius 3 is 2.84 bits per heavy atom. The van der Waals surface area contributed by atoms with Gasteiger partial charge in [0, 0.05) is 23.1 Å². The number of nitrogens with one attached hydrogen (secondary N) is 1. The number of methoxy groups -OCH3 is 1. The smallest absolute Gasteiger partial charge is 0.267 e. The summed E-state index contributed by atoms with van der Waals surface area (Å²) in [5, 5.41) is 4.05. The summed E-state index contributed by atoms with van der Waals surface area (Å²) in [6, 6.07) is 15.0. The molecule has 0 saturated carbocycles. The summed E-state index contributed by atoms with van der Waals surface area (Å²) in [4.78, 5) is 33.5. The van der Waals surface area contributed by atoms with E-state index in [2.05, 4.69) is 19.2 Å². The number of nitrogens with zero attached hydrogens (tertiary/aromatic N) is 2. The third-order valence-electron chi connectivity index (χ3n) is 6.40. The molecular formula is C28H29N3O4S2. The number of aromatic nitrogens is 2. The second-order valence-electron chi connectivity index (χ2n) is 9.42. The highest BCUT2D eigenvalue weighted by atomic mass is 32.2. The molecule has 0 saturated heterocycles. The number of amides is 1. The fourth-order valence-corrected chi connectivity index (χ4v) is 6.43. The average molecular weight is 536 g/mol. The molecule has 0 spiro atoms. The normalized spacial score (nSPS) is 15.1. The zero-order valence-electron chi connectivity index (χ0n) is 21.2. The highest BCUT2D eigenvalue weighted by Gasteiger charge is 2.29. The Morgan fingerprint density at radius 2 is 2.08 bits per heavy atom. The van der Waals surface area contributed by atoms with Crippen molar-refractivity contribution in [3.8, 4) is 11.4 Å². The largest absolute Gasteiger partial charge is 0.497 e. The van der Waals surface area contributed by atoms with Crippen LogP contribution in [0.5, 0.6) is 5.75 Å². The van der Waals surface area contributed by atoms with Crippen molar-refractivity contribution in [1.29, 1.82) is 0 Å². The number of thiophene rings is 1. The summed E-state index contributed by atoms with van der Waals surface area (Å²) in [6.45, 7) is 6.76. The summed E-state index contributed by atoms with van der Waals surface area (Å²) in [5.74, 6) is 0.927. The number of carbonyl (C=O) groups excluding carboxylic acids is 1. The lowest BCUT2D eigenvalue weighted by Crippen LogP contribution is -2.28. The summed E-state index contributed by atoms with van der Waals surface area (Å²) < 4.78 is 12.9. The number of rotatable bonds is 7. The molecule has 0 fully saturated rings. The number of thioether (sulfide) groups is 1. The standard InChI is InChI=1S/C28H29N3O4S2/c1-16(2)22-13-21-23(14-35-22)37-26-25(21)27(33)31(19-9-5-7-17(3)11-19)28(30-26)36-15-24(32)29-18-8-6-10-20(12-18)34-4/h5-12,16,22H,13-15H2,1-4H3,(H,29,32)/t22-/m1/s1. The van der Waals surface area contributed by atoms with Gasteiger partial charge < -0.3 is 14.8 Å². The monoisotopic (exact) mass is 535 g/mol. The predicted molar refractivity (Wildman–Crippen MR) is 149 cm³/mol. The minimum absolute atomic E-state index is 0.0754. The molecule has 0 radical (unpaired) electrons. The van der Waals surface area contributed by atoms with Gasteiger partial charge in [0.2, 0.25) is 5.91 Å². The summed E-state index contributed by atoms with van der Waals surface area (Å²) >= 11 is 2.76. The Bertz CT molecular complexity index is 1530. The number of hydrogen-bond donors (Lipinski definition) is 1. The second-order valence-corrected chi connectivity index (χ2v) is 11.5. The number of benzene rings is 2. The number of anilines is 1. The van der Waals surface area contributed by atoms with Crippen molar-refractivity contribution in [2.24, 2.45) is 5.92 Å². The van der Waals surface area contributed by atoms with Gasteiger partial charge >= 0.3 is 0 Å². The van der Waals surface area contributed by atoms with Gasteiger partial charge in [-0.2, -0.15) is 0 Å². The molecule has 3 heterocycles. The van der Waals surface area contributed by atoms with Gasteiger partial charge in [0.1, 0.15) is 10.6 Å². The number of aryl methyl sites for hydroxylation is 1. The van der Waals surface area contributed by atoms with E-state index in [0.29, 0.717) is 45.8 Å². The zero-order valence-corrected chi connectivity index (χ0v) is 22.9. The Labute approximate surface area is 223 Å². The van der Waals surface area contributed by atoms with Gasteiger partial charge in [0.05, 0.1) is 36.6 Å². The van der Waals surface area contributed by atoms with Crippen molar-refractivity contribution < 1.29 is 14.3 Å². The first-order chi connectivity index (χ1) is 17.8. The molecule has 1 amide bonds. The van der Waals surface area contributed by atoms with E-state index in [1.165, 1.54) is 23.1 Å². The van der Waals surface area contributed by atoms with Gasteiger partial charge in [0.25, 0.3) is 5.56 Å². The van der Waals surface area contributed by atoms with Crippen LogP contribution in [0.25, 0.3) is 15.9 Å². The van der Waals surface area contributed by atoms with Gasteiger partial charge in [-0.15, -0.1) is 11.3 Å². The summed E-state index contributed by atoms with van der Waals surface area (Å²) in [7, 11) is 1.58. The van der Waals surface area contributed by atoms with Crippen LogP contribution in [0.2, 0.25) is 0 Å². The molecule has 2 aromatic carbocycles. The molecule has 1 aliphatic heterocycles. The first kappa shape index (κ1) is 25.5. The molecule has 0 aliphatic carbocycles. The molecule has 9 heteroatoms. The lowest BCUT2D eigenvalue weighted by atomic mass is 9.96. The van der Waals surface area contributed by atoms with Crippen LogP contribution in [0.1, 0.15) is 29.9 Å². The molecule has 1 atom stereocenters. The minimum Gasteiger partial charge on any atom is -0.497 e. The highest BCUT2D eigenvalue weighted by Crippen LogP contribution is 2.36. The van der Waals surface area contributed by atoms with Crippen LogP contribution < -0.4 is 15.6 Å². The minimum atomic E-state index is -0.193. The fourth-order valence-electron chi connectivity index (χ4n) is 4.46. The Balaban J connectivity index is 1.52. The Kier molecular flexibility index (Phi) is 7.37. The summed E-state index contributed by atoms with van der Waals surface area (Å²) in [5.41, 5.74) is 3.37. The topological polar surface area (TPSA) is 82.5 Å². The maximum absolute atomic E-state index is 14.0. The average Bonchev–Trinajstić information content (AvgIpc) is 3.25. The number of carbonyl (C=O) groups is 1. The number of ether oxygens (including phenoxy) is 2. The molecule has 192 valence electrons. The van der Waals surface area contributed by atoms with Crippen LogP contribution >= 0.6 is 23.1 Å². The fraction of sp³-hybridized carbons (Fsp3) is 0.321. The van der Waals surface area contributed by atoms with Crippen molar-refractivity contribution in [2.45, 2.75) is 45.1 Å². The molecule has 4 aromatic rings. The van der Waals surface area contributed by atoms with Gasteiger partial charge in [-0.25, -0.2) is 4.98 Å². The number of fused-ring (bicyclic) bond motifs is 3. The number of hydrogen-bond acceptors (Lipinski definition) is 7. The molecule has 37 heavy (non-hydrogen) atoms. The molecule has 1 aliphatic rings. The quantitative estimate of drug-likeness (QED) is 0.245. The third kappa shape index (κ3) is 5.30. The van der Waals surface area contributed by atoms with Crippen molar-refractivity contribution in [2.75, 3.05) is 18.2 Å². The van der Waals surface area contributed by atoms with E-state index in [-0.39, 0.29) is 23.3 Å². The van der Waals surface area contributed by atoms with Gasteiger partial charge in [-0.05, 0) is 48.2 Å². The molecule has 0 unspecified atom stereocenters. The van der Waals surface area contributed by atoms with Gasteiger partial charge in [0.15, 0.2) is 5.16 Å². The van der Waals surface area contributed by atoms with Crippen LogP contribution in [0.4, 0.5) is 5.69 Å². The van der Waals surface area contributed by atoms with Crippen LogP contribution in [0.15, 0.2) is 58.5 Å². The van der Waals surface area contributed by atoms with Crippen LogP contribution in [-0.4, -0.2) is 34.4 Å².